The summed E-state index contributed by atoms with van der Waals surface area (Å²) in [7, 11) is 0. The van der Waals surface area contributed by atoms with Crippen molar-refractivity contribution in [1.82, 2.24) is 9.62 Å². The topological polar surface area (TPSA) is 15.3 Å². The van der Waals surface area contributed by atoms with Crippen LogP contribution in [0.2, 0.25) is 0 Å². The van der Waals surface area contributed by atoms with Gasteiger partial charge in [-0.15, -0.1) is 0 Å². The highest BCUT2D eigenvalue weighted by atomic mass is 32.1. The zero-order valence-electron chi connectivity index (χ0n) is 4.39. The van der Waals surface area contributed by atoms with Crippen LogP contribution in [0.25, 0.3) is 0 Å². The van der Waals surface area contributed by atoms with Crippen LogP contribution in [0.4, 0.5) is 0 Å². The Kier molecular flexibility index (Phi) is 1.57. The summed E-state index contributed by atoms with van der Waals surface area (Å²) in [4.78, 5) is 0. The van der Waals surface area contributed by atoms with Crippen molar-refractivity contribution in [3.63, 3.8) is 0 Å². The molecule has 1 atom stereocenters. The Morgan fingerprint density at radius 1 is 1.86 bits per heavy atom. The molecule has 1 fully saturated rings. The van der Waals surface area contributed by atoms with Crippen molar-refractivity contribution in [2.24, 2.45) is 0 Å². The summed E-state index contributed by atoms with van der Waals surface area (Å²) in [6, 6.07) is 0. The first kappa shape index (κ1) is 5.41. The van der Waals surface area contributed by atoms with Crippen molar-refractivity contribution in [2.45, 2.75) is 13.1 Å². The molecule has 1 saturated heterocycles. The average molecular weight is 118 g/mol. The molecule has 1 aliphatic heterocycles. The highest BCUT2D eigenvalue weighted by molar-refractivity contribution is 7.77. The number of hydrogen-bond donors (Lipinski definition) is 2. The second kappa shape index (κ2) is 2.03. The van der Waals surface area contributed by atoms with E-state index in [1.807, 2.05) is 4.31 Å². The van der Waals surface area contributed by atoms with E-state index >= 15 is 0 Å². The Labute approximate surface area is 49.4 Å². The molecule has 1 heterocycles. The van der Waals surface area contributed by atoms with Crippen LogP contribution < -0.4 is 5.32 Å². The van der Waals surface area contributed by atoms with Gasteiger partial charge < -0.3 is 0 Å². The van der Waals surface area contributed by atoms with Crippen molar-refractivity contribution in [1.29, 1.82) is 0 Å². The molecule has 1 rings (SSSR count). The molecule has 0 amide bonds. The molecule has 0 aromatic heterocycles. The third-order valence-corrected chi connectivity index (χ3v) is 1.77. The van der Waals surface area contributed by atoms with E-state index in [1.54, 1.807) is 0 Å². The van der Waals surface area contributed by atoms with Gasteiger partial charge in [-0.1, -0.05) is 12.8 Å². The van der Waals surface area contributed by atoms with Crippen LogP contribution >= 0.6 is 12.8 Å². The molecule has 42 valence electrons. The van der Waals surface area contributed by atoms with Crippen LogP contribution in [0.3, 0.4) is 0 Å². The molecule has 0 radical (unpaired) electrons. The van der Waals surface area contributed by atoms with Gasteiger partial charge >= 0.3 is 0 Å². The van der Waals surface area contributed by atoms with Gasteiger partial charge in [-0.05, 0) is 6.92 Å². The van der Waals surface area contributed by atoms with Gasteiger partial charge in [0.15, 0.2) is 0 Å². The predicted molar refractivity (Wildman–Crippen MR) is 33.2 cm³/mol. The molecular weight excluding hydrogens is 108 g/mol. The maximum Gasteiger partial charge on any atom is 0.0665 e. The van der Waals surface area contributed by atoms with Gasteiger partial charge in [-0.25, -0.2) is 4.31 Å². The van der Waals surface area contributed by atoms with E-state index in [1.165, 1.54) is 0 Å². The molecule has 0 aliphatic carbocycles. The van der Waals surface area contributed by atoms with E-state index in [0.717, 1.165) is 13.1 Å². The van der Waals surface area contributed by atoms with E-state index < -0.39 is 0 Å². The minimum atomic E-state index is 0.461. The van der Waals surface area contributed by atoms with E-state index in [4.69, 9.17) is 0 Å². The highest BCUT2D eigenvalue weighted by Crippen LogP contribution is 2.02. The zero-order valence-corrected chi connectivity index (χ0v) is 5.28. The molecule has 0 saturated carbocycles. The van der Waals surface area contributed by atoms with Crippen molar-refractivity contribution in [3.8, 4) is 0 Å². The fraction of sp³-hybridized carbons (Fsp3) is 1.00. The van der Waals surface area contributed by atoms with E-state index in [0.29, 0.717) is 6.17 Å². The Hall–Kier alpha value is 0.270. The summed E-state index contributed by atoms with van der Waals surface area (Å²) in [6.45, 7) is 4.23. The molecule has 0 bridgehead atoms. The van der Waals surface area contributed by atoms with Gasteiger partial charge in [0.2, 0.25) is 0 Å². The van der Waals surface area contributed by atoms with Crippen molar-refractivity contribution < 1.29 is 0 Å². The maximum absolute atomic E-state index is 4.16. The SMILES string of the molecule is CC1NCCN1S. The molecule has 0 spiro atoms. The lowest BCUT2D eigenvalue weighted by molar-refractivity contribution is 0.446. The van der Waals surface area contributed by atoms with Crippen LogP contribution in [0.5, 0.6) is 0 Å². The number of nitrogens with one attached hydrogen (secondary N) is 1. The van der Waals surface area contributed by atoms with Gasteiger partial charge in [-0.2, -0.15) is 0 Å². The predicted octanol–water partition coefficient (Wildman–Crippen LogP) is 0.0824. The largest absolute Gasteiger partial charge is 0.300 e. The Bertz CT molecular complexity index is 58.7. The van der Waals surface area contributed by atoms with E-state index in [-0.39, 0.29) is 0 Å². The average Bonchev–Trinajstić information content (AvgIpc) is 1.91. The molecule has 2 nitrogen and oxygen atoms in total. The van der Waals surface area contributed by atoms with Gasteiger partial charge in [0.25, 0.3) is 0 Å². The summed E-state index contributed by atoms with van der Waals surface area (Å²) in [5, 5.41) is 3.22. The summed E-state index contributed by atoms with van der Waals surface area (Å²) < 4.78 is 1.99. The smallest absolute Gasteiger partial charge is 0.0665 e. The second-order valence-corrected chi connectivity index (χ2v) is 2.31. The standard InChI is InChI=1S/C4H10N2S/c1-4-5-2-3-6(4)7/h4-5,7H,2-3H2,1H3. The van der Waals surface area contributed by atoms with Crippen molar-refractivity contribution in [3.05, 3.63) is 0 Å². The summed E-state index contributed by atoms with van der Waals surface area (Å²) in [5.41, 5.74) is 0. The second-order valence-electron chi connectivity index (χ2n) is 1.79. The first-order chi connectivity index (χ1) is 3.30. The van der Waals surface area contributed by atoms with E-state index in [2.05, 4.69) is 25.1 Å². The Morgan fingerprint density at radius 3 is 2.71 bits per heavy atom. The minimum absolute atomic E-state index is 0.461. The Balaban J connectivity index is 2.33. The lowest BCUT2D eigenvalue weighted by atomic mass is 10.6. The molecule has 1 unspecified atom stereocenters. The van der Waals surface area contributed by atoms with Crippen LogP contribution in [-0.4, -0.2) is 23.6 Å². The number of hydrogen-bond acceptors (Lipinski definition) is 3. The molecule has 1 N–H and O–H groups in total. The number of rotatable bonds is 0. The molecular formula is C4H10N2S. The minimum Gasteiger partial charge on any atom is -0.300 e. The third kappa shape index (κ3) is 1.08. The Morgan fingerprint density at radius 2 is 2.57 bits per heavy atom. The maximum atomic E-state index is 4.16. The lowest BCUT2D eigenvalue weighted by Crippen LogP contribution is -2.25. The first-order valence-electron chi connectivity index (χ1n) is 2.49. The summed E-state index contributed by atoms with van der Waals surface area (Å²) in [6.07, 6.45) is 0.461. The molecule has 1 aliphatic rings. The molecule has 0 aromatic rings. The number of thiol groups is 1. The van der Waals surface area contributed by atoms with Crippen LogP contribution in [0, 0.1) is 0 Å². The highest BCUT2D eigenvalue weighted by Gasteiger charge is 2.14. The van der Waals surface area contributed by atoms with Crippen molar-refractivity contribution >= 4 is 12.8 Å². The quantitative estimate of drug-likeness (QED) is 0.438. The van der Waals surface area contributed by atoms with Gasteiger partial charge in [0.05, 0.1) is 6.17 Å². The third-order valence-electron chi connectivity index (χ3n) is 1.23. The van der Waals surface area contributed by atoms with Crippen LogP contribution in [0.15, 0.2) is 0 Å². The summed E-state index contributed by atoms with van der Waals surface area (Å²) >= 11 is 4.16. The van der Waals surface area contributed by atoms with Crippen molar-refractivity contribution in [2.75, 3.05) is 13.1 Å². The number of nitrogens with zero attached hydrogens (tertiary/aromatic N) is 1. The first-order valence-corrected chi connectivity index (χ1v) is 2.89. The molecule has 7 heavy (non-hydrogen) atoms. The van der Waals surface area contributed by atoms with Crippen LogP contribution in [0.1, 0.15) is 6.92 Å². The normalized spacial score (nSPS) is 34.3. The summed E-state index contributed by atoms with van der Waals surface area (Å²) in [5.74, 6) is 0. The fourth-order valence-electron chi connectivity index (χ4n) is 0.687. The fourth-order valence-corrected chi connectivity index (χ4v) is 0.869. The van der Waals surface area contributed by atoms with Gasteiger partial charge in [-0.3, -0.25) is 5.32 Å². The molecule has 3 heteroatoms. The lowest BCUT2D eigenvalue weighted by Gasteiger charge is -2.10. The molecule has 0 aromatic carbocycles. The van der Waals surface area contributed by atoms with Gasteiger partial charge in [0.1, 0.15) is 0 Å². The van der Waals surface area contributed by atoms with E-state index in [9.17, 15) is 0 Å². The van der Waals surface area contributed by atoms with Crippen LogP contribution in [-0.2, 0) is 0 Å². The monoisotopic (exact) mass is 118 g/mol. The zero-order chi connectivity index (χ0) is 5.28. The van der Waals surface area contributed by atoms with Gasteiger partial charge in [0, 0.05) is 13.1 Å².